The molecule has 0 spiro atoms. The fraction of sp³-hybridized carbons (Fsp3) is 0.222. The molecular weight excluding hydrogens is 436 g/mol. The largest absolute Gasteiger partial charge is 0.506 e. The number of hydrogen-bond acceptors (Lipinski definition) is 3. The summed E-state index contributed by atoms with van der Waals surface area (Å²) in [4.78, 5) is 17.4. The van der Waals surface area contributed by atoms with Gasteiger partial charge in [0.15, 0.2) is 5.78 Å². The van der Waals surface area contributed by atoms with Crippen LogP contribution in [0.3, 0.4) is 0 Å². The van der Waals surface area contributed by atoms with Gasteiger partial charge in [-0.25, -0.2) is 0 Å². The van der Waals surface area contributed by atoms with E-state index in [1.165, 1.54) is 0 Å². The highest BCUT2D eigenvalue weighted by Gasteiger charge is 2.23. The number of nitrogens with zero attached hydrogens (tertiary/aromatic N) is 2. The molecule has 0 saturated carbocycles. The van der Waals surface area contributed by atoms with E-state index in [-0.39, 0.29) is 11.5 Å². The summed E-state index contributed by atoms with van der Waals surface area (Å²) in [5.74, 6) is 0.0269. The van der Waals surface area contributed by atoms with Crippen LogP contribution in [0.5, 0.6) is 5.75 Å². The Morgan fingerprint density at radius 3 is 2.50 bits per heavy atom. The van der Waals surface area contributed by atoms with Gasteiger partial charge in [-0.3, -0.25) is 9.78 Å². The summed E-state index contributed by atoms with van der Waals surface area (Å²) >= 11 is 6.59. The van der Waals surface area contributed by atoms with E-state index in [9.17, 15) is 9.90 Å². The van der Waals surface area contributed by atoms with Crippen molar-refractivity contribution in [1.29, 1.82) is 0 Å². The molecule has 0 aliphatic rings. The predicted molar refractivity (Wildman–Crippen MR) is 102 cm³/mol. The first kappa shape index (κ1) is 17.2. The lowest BCUT2D eigenvalue weighted by molar-refractivity contribution is 0.103. The Morgan fingerprint density at radius 2 is 1.92 bits per heavy atom. The van der Waals surface area contributed by atoms with E-state index >= 15 is 0 Å². The highest BCUT2D eigenvalue weighted by atomic mass is 79.9. The van der Waals surface area contributed by atoms with Crippen molar-refractivity contribution in [2.45, 2.75) is 26.8 Å². The number of fused-ring (bicyclic) bond motifs is 1. The first-order valence-electron chi connectivity index (χ1n) is 7.67. The van der Waals surface area contributed by atoms with Crippen molar-refractivity contribution in [2.24, 2.45) is 0 Å². The first-order chi connectivity index (χ1) is 11.5. The molecule has 4 nitrogen and oxygen atoms in total. The number of pyridine rings is 1. The van der Waals surface area contributed by atoms with Crippen molar-refractivity contribution in [2.75, 3.05) is 0 Å². The molecule has 1 N–H and O–H groups in total. The zero-order valence-electron chi connectivity index (χ0n) is 13.3. The number of aromatic nitrogens is 2. The number of benzene rings is 1. The molecule has 24 heavy (non-hydrogen) atoms. The molecule has 2 heterocycles. The molecule has 0 unspecified atom stereocenters. The molecule has 2 aromatic heterocycles. The minimum Gasteiger partial charge on any atom is -0.506 e. The van der Waals surface area contributed by atoms with Crippen molar-refractivity contribution >= 4 is 48.5 Å². The SMILES string of the molecule is CCc1c(C(=O)c2cc(Br)c(O)c(Br)c2)c2ccncc2n1CC. The van der Waals surface area contributed by atoms with Crippen LogP contribution in [-0.4, -0.2) is 20.4 Å². The summed E-state index contributed by atoms with van der Waals surface area (Å²) in [7, 11) is 0. The van der Waals surface area contributed by atoms with Crippen LogP contribution in [0.25, 0.3) is 10.9 Å². The highest BCUT2D eigenvalue weighted by Crippen LogP contribution is 2.35. The van der Waals surface area contributed by atoms with Gasteiger partial charge in [-0.2, -0.15) is 0 Å². The maximum absolute atomic E-state index is 13.2. The molecule has 0 saturated heterocycles. The van der Waals surface area contributed by atoms with Gasteiger partial charge < -0.3 is 9.67 Å². The number of aryl methyl sites for hydroxylation is 1. The zero-order valence-corrected chi connectivity index (χ0v) is 16.5. The number of rotatable bonds is 4. The van der Waals surface area contributed by atoms with Crippen LogP contribution in [0.2, 0.25) is 0 Å². The van der Waals surface area contributed by atoms with Gasteiger partial charge in [0.2, 0.25) is 0 Å². The predicted octanol–water partition coefficient (Wildman–Crippen LogP) is 5.08. The normalized spacial score (nSPS) is 11.2. The Bertz CT molecular complexity index is 925. The molecule has 0 atom stereocenters. The third-order valence-corrected chi connectivity index (χ3v) is 5.34. The summed E-state index contributed by atoms with van der Waals surface area (Å²) in [6, 6.07) is 5.19. The number of phenols is 1. The van der Waals surface area contributed by atoms with Crippen LogP contribution >= 0.6 is 31.9 Å². The standard InChI is InChI=1S/C18H16Br2N2O2/c1-3-14-16(11-5-6-21-9-15(11)22(14)4-2)17(23)10-7-12(19)18(24)13(20)8-10/h5-9,24H,3-4H2,1-2H3. The number of hydrogen-bond donors (Lipinski definition) is 1. The molecule has 0 amide bonds. The number of aromatic hydroxyl groups is 1. The minimum absolute atomic E-state index is 0.0587. The fourth-order valence-corrected chi connectivity index (χ4v) is 4.26. The average Bonchev–Trinajstić information content (AvgIpc) is 2.91. The molecule has 0 aliphatic heterocycles. The Kier molecular flexibility index (Phi) is 4.78. The van der Waals surface area contributed by atoms with Crippen LogP contribution < -0.4 is 0 Å². The topological polar surface area (TPSA) is 55.1 Å². The third-order valence-electron chi connectivity index (χ3n) is 4.13. The molecule has 1 aromatic carbocycles. The summed E-state index contributed by atoms with van der Waals surface area (Å²) in [6.07, 6.45) is 4.27. The number of carbonyl (C=O) groups is 1. The molecule has 0 aliphatic carbocycles. The van der Waals surface area contributed by atoms with Crippen LogP contribution in [0.15, 0.2) is 39.5 Å². The van der Waals surface area contributed by atoms with E-state index in [1.54, 1.807) is 24.5 Å². The molecule has 6 heteroatoms. The Balaban J connectivity index is 2.28. The Hall–Kier alpha value is -1.66. The lowest BCUT2D eigenvalue weighted by atomic mass is 9.99. The molecule has 0 radical (unpaired) electrons. The van der Waals surface area contributed by atoms with Gasteiger partial charge in [0.1, 0.15) is 5.75 Å². The molecule has 0 bridgehead atoms. The van der Waals surface area contributed by atoms with Crippen LogP contribution in [0.4, 0.5) is 0 Å². The second-order valence-electron chi connectivity index (χ2n) is 5.43. The lowest BCUT2D eigenvalue weighted by Gasteiger charge is -2.09. The lowest BCUT2D eigenvalue weighted by Crippen LogP contribution is -2.07. The molecular formula is C18H16Br2N2O2. The maximum atomic E-state index is 13.2. The Morgan fingerprint density at radius 1 is 1.25 bits per heavy atom. The summed E-state index contributed by atoms with van der Waals surface area (Å²) in [6.45, 7) is 4.89. The maximum Gasteiger partial charge on any atom is 0.195 e. The number of phenolic OH excluding ortho intramolecular Hbond substituents is 1. The van der Waals surface area contributed by atoms with Gasteiger partial charge in [-0.15, -0.1) is 0 Å². The van der Waals surface area contributed by atoms with E-state index in [0.717, 1.165) is 29.6 Å². The van der Waals surface area contributed by atoms with Crippen molar-refractivity contribution in [3.63, 3.8) is 0 Å². The van der Waals surface area contributed by atoms with Crippen LogP contribution in [0, 0.1) is 0 Å². The number of carbonyl (C=O) groups excluding carboxylic acids is 1. The summed E-state index contributed by atoms with van der Waals surface area (Å²) in [5.41, 5.74) is 3.21. The van der Waals surface area contributed by atoms with E-state index in [1.807, 2.05) is 13.0 Å². The van der Waals surface area contributed by atoms with Crippen molar-refractivity contribution in [3.8, 4) is 5.75 Å². The summed E-state index contributed by atoms with van der Waals surface area (Å²) < 4.78 is 3.11. The molecule has 3 aromatic rings. The van der Waals surface area contributed by atoms with Gasteiger partial charge in [0.25, 0.3) is 0 Å². The third kappa shape index (κ3) is 2.67. The van der Waals surface area contributed by atoms with E-state index in [2.05, 4.69) is 48.3 Å². The number of halogens is 2. The highest BCUT2D eigenvalue weighted by molar-refractivity contribution is 9.11. The van der Waals surface area contributed by atoms with Gasteiger partial charge >= 0.3 is 0 Å². The van der Waals surface area contributed by atoms with E-state index in [0.29, 0.717) is 20.1 Å². The van der Waals surface area contributed by atoms with Crippen molar-refractivity contribution < 1.29 is 9.90 Å². The molecule has 3 rings (SSSR count). The Labute approximate surface area is 156 Å². The zero-order chi connectivity index (χ0) is 17.4. The first-order valence-corrected chi connectivity index (χ1v) is 9.25. The van der Waals surface area contributed by atoms with Crippen molar-refractivity contribution in [1.82, 2.24) is 9.55 Å². The molecule has 124 valence electrons. The second kappa shape index (κ2) is 6.69. The van der Waals surface area contributed by atoms with Gasteiger partial charge in [0.05, 0.1) is 26.2 Å². The monoisotopic (exact) mass is 450 g/mol. The minimum atomic E-state index is -0.0587. The second-order valence-corrected chi connectivity index (χ2v) is 7.14. The van der Waals surface area contributed by atoms with Crippen molar-refractivity contribution in [3.05, 3.63) is 56.4 Å². The average molecular weight is 452 g/mol. The van der Waals surface area contributed by atoms with Crippen LogP contribution in [0.1, 0.15) is 35.5 Å². The van der Waals surface area contributed by atoms with Crippen LogP contribution in [-0.2, 0) is 13.0 Å². The van der Waals surface area contributed by atoms with Gasteiger partial charge in [0, 0.05) is 29.4 Å². The fourth-order valence-electron chi connectivity index (χ4n) is 3.07. The smallest absolute Gasteiger partial charge is 0.195 e. The van der Waals surface area contributed by atoms with E-state index in [4.69, 9.17) is 0 Å². The van der Waals surface area contributed by atoms with E-state index < -0.39 is 0 Å². The number of ketones is 1. The quantitative estimate of drug-likeness (QED) is 0.562. The van der Waals surface area contributed by atoms with Gasteiger partial charge in [-0.1, -0.05) is 6.92 Å². The summed E-state index contributed by atoms with van der Waals surface area (Å²) in [5, 5.41) is 10.8. The van der Waals surface area contributed by atoms with Gasteiger partial charge in [-0.05, 0) is 63.4 Å². The molecule has 0 fully saturated rings.